The fraction of sp³-hybridized carbons (Fsp3) is 0.812. The molecule has 2 aliphatic carbocycles. The van der Waals surface area contributed by atoms with Crippen molar-refractivity contribution in [2.24, 2.45) is 11.8 Å². The summed E-state index contributed by atoms with van der Waals surface area (Å²) in [6.07, 6.45) is 11.5. The Kier molecular flexibility index (Phi) is 3.42. The molecule has 4 nitrogen and oxygen atoms in total. The summed E-state index contributed by atoms with van der Waals surface area (Å²) in [5.41, 5.74) is 1.05. The molecule has 0 spiro atoms. The lowest BCUT2D eigenvalue weighted by molar-refractivity contribution is 0.198. The number of fused-ring (bicyclic) bond motifs is 1. The molecular weight excluding hydrogens is 250 g/mol. The Balaban J connectivity index is 1.37. The Bertz CT molecular complexity index is 454. The van der Waals surface area contributed by atoms with Gasteiger partial charge in [-0.25, -0.2) is 0 Å². The van der Waals surface area contributed by atoms with Gasteiger partial charge >= 0.3 is 0 Å². The van der Waals surface area contributed by atoms with Crippen molar-refractivity contribution in [3.05, 3.63) is 12.0 Å². The first-order chi connectivity index (χ1) is 9.88. The zero-order valence-electron chi connectivity index (χ0n) is 12.2. The molecule has 1 N–H and O–H groups in total. The lowest BCUT2D eigenvalue weighted by Crippen LogP contribution is -2.42. The van der Waals surface area contributed by atoms with Crippen LogP contribution in [0.5, 0.6) is 0 Å². The van der Waals surface area contributed by atoms with Gasteiger partial charge in [0.15, 0.2) is 0 Å². The molecule has 0 radical (unpaired) electrons. The molecule has 20 heavy (non-hydrogen) atoms. The molecule has 0 aromatic carbocycles. The van der Waals surface area contributed by atoms with E-state index in [0.29, 0.717) is 0 Å². The van der Waals surface area contributed by atoms with E-state index < -0.39 is 0 Å². The molecule has 0 amide bonds. The summed E-state index contributed by atoms with van der Waals surface area (Å²) in [6, 6.07) is 1.58. The van der Waals surface area contributed by atoms with Crippen molar-refractivity contribution in [3.8, 4) is 0 Å². The molecule has 110 valence electrons. The van der Waals surface area contributed by atoms with Crippen molar-refractivity contribution in [3.63, 3.8) is 0 Å². The van der Waals surface area contributed by atoms with Gasteiger partial charge in [-0.1, -0.05) is 19.3 Å². The Morgan fingerprint density at radius 1 is 1.15 bits per heavy atom. The number of oxazole rings is 1. The molecule has 1 aromatic heterocycles. The normalized spacial score (nSPS) is 30.3. The zero-order chi connectivity index (χ0) is 13.4. The highest BCUT2D eigenvalue weighted by Crippen LogP contribution is 2.37. The lowest BCUT2D eigenvalue weighted by Gasteiger charge is -2.40. The number of hydrogen-bond donors (Lipinski definition) is 1. The first-order valence-corrected chi connectivity index (χ1v) is 8.31. The second kappa shape index (κ2) is 5.40. The van der Waals surface area contributed by atoms with Crippen LogP contribution in [0.25, 0.3) is 0 Å². The van der Waals surface area contributed by atoms with Gasteiger partial charge in [0.05, 0.1) is 5.69 Å². The number of rotatable bonds is 4. The van der Waals surface area contributed by atoms with Gasteiger partial charge < -0.3 is 14.6 Å². The van der Waals surface area contributed by atoms with Crippen LogP contribution in [0, 0.1) is 11.8 Å². The predicted octanol–water partition coefficient (Wildman–Crippen LogP) is 2.94. The van der Waals surface area contributed by atoms with E-state index in [0.717, 1.165) is 49.2 Å². The van der Waals surface area contributed by atoms with Gasteiger partial charge in [-0.15, -0.1) is 0 Å². The van der Waals surface area contributed by atoms with Crippen LogP contribution in [0.4, 0.5) is 6.01 Å². The second-order valence-electron chi connectivity index (χ2n) is 6.82. The Hall–Kier alpha value is -1.03. The van der Waals surface area contributed by atoms with E-state index in [1.54, 1.807) is 0 Å². The van der Waals surface area contributed by atoms with Gasteiger partial charge in [0.1, 0.15) is 6.26 Å². The predicted molar refractivity (Wildman–Crippen MR) is 78.6 cm³/mol. The minimum Gasteiger partial charge on any atom is -0.432 e. The van der Waals surface area contributed by atoms with Gasteiger partial charge in [-0.2, -0.15) is 4.98 Å². The smallest absolute Gasteiger partial charge is 0.297 e. The van der Waals surface area contributed by atoms with Gasteiger partial charge in [0.25, 0.3) is 6.01 Å². The summed E-state index contributed by atoms with van der Waals surface area (Å²) in [5.74, 6) is 1.84. The minimum atomic E-state index is 0.730. The number of anilines is 1. The topological polar surface area (TPSA) is 41.3 Å². The molecular formula is C16H25N3O. The van der Waals surface area contributed by atoms with E-state index in [2.05, 4.69) is 15.2 Å². The summed E-state index contributed by atoms with van der Waals surface area (Å²) >= 11 is 0. The maximum Gasteiger partial charge on any atom is 0.297 e. The van der Waals surface area contributed by atoms with Crippen LogP contribution in [-0.2, 0) is 6.54 Å². The van der Waals surface area contributed by atoms with E-state index in [-0.39, 0.29) is 0 Å². The van der Waals surface area contributed by atoms with Crippen LogP contribution >= 0.6 is 0 Å². The van der Waals surface area contributed by atoms with Crippen molar-refractivity contribution >= 4 is 6.01 Å². The van der Waals surface area contributed by atoms with Crippen molar-refractivity contribution in [2.75, 3.05) is 18.0 Å². The van der Waals surface area contributed by atoms with Crippen LogP contribution in [-0.4, -0.2) is 24.1 Å². The Morgan fingerprint density at radius 3 is 2.85 bits per heavy atom. The van der Waals surface area contributed by atoms with Crippen molar-refractivity contribution in [2.45, 2.75) is 57.5 Å². The van der Waals surface area contributed by atoms with Gasteiger partial charge in [0.2, 0.25) is 0 Å². The van der Waals surface area contributed by atoms with Gasteiger partial charge in [-0.3, -0.25) is 0 Å². The summed E-state index contributed by atoms with van der Waals surface area (Å²) < 4.78 is 5.71. The number of hydrogen-bond acceptors (Lipinski definition) is 4. The maximum absolute atomic E-state index is 5.71. The fourth-order valence-corrected chi connectivity index (χ4v) is 3.83. The van der Waals surface area contributed by atoms with Crippen LogP contribution in [0.3, 0.4) is 0 Å². The maximum atomic E-state index is 5.71. The van der Waals surface area contributed by atoms with Crippen LogP contribution in [0.2, 0.25) is 0 Å². The van der Waals surface area contributed by atoms with Crippen LogP contribution < -0.4 is 10.2 Å². The van der Waals surface area contributed by atoms with E-state index in [9.17, 15) is 0 Å². The molecule has 4 rings (SSSR count). The molecule has 4 heteroatoms. The van der Waals surface area contributed by atoms with E-state index in [4.69, 9.17) is 4.42 Å². The molecule has 3 aliphatic rings. The summed E-state index contributed by atoms with van der Waals surface area (Å²) in [5, 5.41) is 3.49. The standard InChI is InChI=1S/C16H25N3O/c1-2-4-13-10-19(8-7-12(13)3-1)16-18-15(11-20-16)9-17-14-5-6-14/h11-14,17H,1-10H2. The van der Waals surface area contributed by atoms with E-state index >= 15 is 0 Å². The summed E-state index contributed by atoms with van der Waals surface area (Å²) in [4.78, 5) is 7.04. The average molecular weight is 275 g/mol. The third-order valence-electron chi connectivity index (χ3n) is 5.25. The molecule has 2 atom stereocenters. The Morgan fingerprint density at radius 2 is 2.00 bits per heavy atom. The highest BCUT2D eigenvalue weighted by atomic mass is 16.4. The Labute approximate surface area is 120 Å². The monoisotopic (exact) mass is 275 g/mol. The minimum absolute atomic E-state index is 0.730. The first kappa shape index (κ1) is 12.7. The summed E-state index contributed by atoms with van der Waals surface area (Å²) in [6.45, 7) is 3.13. The van der Waals surface area contributed by atoms with Crippen molar-refractivity contribution in [1.82, 2.24) is 10.3 Å². The van der Waals surface area contributed by atoms with Crippen molar-refractivity contribution in [1.29, 1.82) is 0 Å². The third-order valence-corrected chi connectivity index (χ3v) is 5.25. The van der Waals surface area contributed by atoms with Gasteiger partial charge in [0, 0.05) is 25.7 Å². The van der Waals surface area contributed by atoms with Crippen molar-refractivity contribution < 1.29 is 4.42 Å². The molecule has 1 saturated heterocycles. The average Bonchev–Trinajstić information content (AvgIpc) is 3.21. The lowest BCUT2D eigenvalue weighted by atomic mass is 9.75. The summed E-state index contributed by atoms with van der Waals surface area (Å²) in [7, 11) is 0. The largest absolute Gasteiger partial charge is 0.432 e. The number of aromatic nitrogens is 1. The molecule has 1 aliphatic heterocycles. The zero-order valence-corrected chi connectivity index (χ0v) is 12.2. The SMILES string of the molecule is c1oc(N2CCC3CCCCC3C2)nc1CNC1CC1. The molecule has 0 bridgehead atoms. The first-order valence-electron chi connectivity index (χ1n) is 8.31. The third kappa shape index (κ3) is 2.71. The van der Waals surface area contributed by atoms with E-state index in [1.807, 2.05) is 6.26 Å². The van der Waals surface area contributed by atoms with Crippen LogP contribution in [0.15, 0.2) is 10.7 Å². The number of piperidine rings is 1. The highest BCUT2D eigenvalue weighted by Gasteiger charge is 2.32. The molecule has 1 aromatic rings. The molecule has 3 fully saturated rings. The second-order valence-corrected chi connectivity index (χ2v) is 6.82. The van der Waals surface area contributed by atoms with E-state index in [1.165, 1.54) is 44.9 Å². The fourth-order valence-electron chi connectivity index (χ4n) is 3.83. The number of nitrogens with one attached hydrogen (secondary N) is 1. The highest BCUT2D eigenvalue weighted by molar-refractivity contribution is 5.28. The van der Waals surface area contributed by atoms with Crippen LogP contribution in [0.1, 0.15) is 50.6 Å². The molecule has 2 unspecified atom stereocenters. The quantitative estimate of drug-likeness (QED) is 0.917. The van der Waals surface area contributed by atoms with Gasteiger partial charge in [-0.05, 0) is 37.5 Å². The molecule has 2 saturated carbocycles. The molecule has 2 heterocycles. The number of nitrogens with zero attached hydrogens (tertiary/aromatic N) is 2.